The Hall–Kier alpha value is -3.86. The molecule has 9 nitrogen and oxygen atoms in total. The van der Waals surface area contributed by atoms with Crippen molar-refractivity contribution in [3.05, 3.63) is 59.9 Å². The maximum absolute atomic E-state index is 12.3. The number of benzene rings is 1. The molecule has 0 amide bonds. The number of hydrogen-bond acceptors (Lipinski definition) is 8. The van der Waals surface area contributed by atoms with Crippen molar-refractivity contribution in [1.29, 1.82) is 0 Å². The summed E-state index contributed by atoms with van der Waals surface area (Å²) in [5.41, 5.74) is 3.13. The lowest BCUT2D eigenvalue weighted by molar-refractivity contribution is -0.0498. The number of piperidine rings is 1. The van der Waals surface area contributed by atoms with Crippen LogP contribution in [0.3, 0.4) is 0 Å². The minimum atomic E-state index is -2.87. The average Bonchev–Trinajstić information content (AvgIpc) is 3.49. The summed E-state index contributed by atoms with van der Waals surface area (Å²) in [7, 11) is 2.15. The number of pyridine rings is 1. The number of nitrogens with one attached hydrogen (secondary N) is 1. The fourth-order valence-corrected chi connectivity index (χ4v) is 4.14. The predicted molar refractivity (Wildman–Crippen MR) is 130 cm³/mol. The fraction of sp³-hybridized carbons (Fsp3) is 0.360. The first-order chi connectivity index (χ1) is 17.4. The lowest BCUT2D eigenvalue weighted by Crippen LogP contribution is -2.36. The van der Waals surface area contributed by atoms with Crippen LogP contribution in [0.25, 0.3) is 23.0 Å². The maximum Gasteiger partial charge on any atom is 0.387 e. The largest absolute Gasteiger partial charge is 0.435 e. The van der Waals surface area contributed by atoms with Gasteiger partial charge in [0.05, 0.1) is 6.54 Å². The van der Waals surface area contributed by atoms with Gasteiger partial charge in [0.2, 0.25) is 5.82 Å². The van der Waals surface area contributed by atoms with E-state index in [1.165, 1.54) is 12.1 Å². The molecule has 1 fully saturated rings. The van der Waals surface area contributed by atoms with E-state index in [4.69, 9.17) is 4.52 Å². The first kappa shape index (κ1) is 23.9. The van der Waals surface area contributed by atoms with E-state index in [9.17, 15) is 8.78 Å². The van der Waals surface area contributed by atoms with Crippen LogP contribution in [0.2, 0.25) is 0 Å². The van der Waals surface area contributed by atoms with Gasteiger partial charge in [-0.05, 0) is 81.9 Å². The van der Waals surface area contributed by atoms with E-state index in [2.05, 4.69) is 48.3 Å². The van der Waals surface area contributed by atoms with Gasteiger partial charge in [-0.3, -0.25) is 4.68 Å². The molecule has 1 aromatic carbocycles. The number of aromatic nitrogens is 5. The van der Waals surface area contributed by atoms with Crippen LogP contribution in [0, 0.1) is 6.92 Å². The molecule has 3 aromatic heterocycles. The third kappa shape index (κ3) is 5.68. The maximum atomic E-state index is 12.3. The Morgan fingerprint density at radius 1 is 1.14 bits per heavy atom. The van der Waals surface area contributed by atoms with Gasteiger partial charge in [-0.2, -0.15) is 18.9 Å². The molecule has 1 N–H and O–H groups in total. The Bertz CT molecular complexity index is 1280. The van der Waals surface area contributed by atoms with Crippen LogP contribution >= 0.6 is 0 Å². The predicted octanol–water partition coefficient (Wildman–Crippen LogP) is 4.46. The number of anilines is 1. The van der Waals surface area contributed by atoms with Crippen LogP contribution < -0.4 is 10.1 Å². The standard InChI is InChI=1S/C25H27F2N7O2/c1-16-13-21(24-30-23(32-36-24)18-4-6-20(7-5-18)35-25(26)27)31-34(16)15-17-3-8-22(28-14-17)29-19-9-11-33(2)12-10-19/h3-8,13-14,19,25H,9-12,15H2,1-2H3,(H,28,29). The third-order valence-electron chi connectivity index (χ3n) is 6.19. The van der Waals surface area contributed by atoms with E-state index >= 15 is 0 Å². The summed E-state index contributed by atoms with van der Waals surface area (Å²) in [5.74, 6) is 1.55. The molecule has 1 aliphatic heterocycles. The zero-order chi connectivity index (χ0) is 25.1. The second-order valence-electron chi connectivity index (χ2n) is 8.93. The van der Waals surface area contributed by atoms with Gasteiger partial charge >= 0.3 is 6.61 Å². The smallest absolute Gasteiger partial charge is 0.387 e. The monoisotopic (exact) mass is 495 g/mol. The van der Waals surface area contributed by atoms with Crippen molar-refractivity contribution in [1.82, 2.24) is 29.8 Å². The molecule has 11 heteroatoms. The molecular formula is C25H27F2N7O2. The summed E-state index contributed by atoms with van der Waals surface area (Å²) < 4.78 is 36.3. The molecular weight excluding hydrogens is 468 g/mol. The Kier molecular flexibility index (Phi) is 6.90. The number of hydrogen-bond donors (Lipinski definition) is 1. The van der Waals surface area contributed by atoms with Gasteiger partial charge in [-0.1, -0.05) is 11.2 Å². The highest BCUT2D eigenvalue weighted by Crippen LogP contribution is 2.25. The summed E-state index contributed by atoms with van der Waals surface area (Å²) in [6.45, 7) is 1.83. The molecule has 0 unspecified atom stereocenters. The number of nitrogens with zero attached hydrogens (tertiary/aromatic N) is 6. The first-order valence-electron chi connectivity index (χ1n) is 11.8. The third-order valence-corrected chi connectivity index (χ3v) is 6.19. The van der Waals surface area contributed by atoms with Gasteiger partial charge < -0.3 is 19.5 Å². The molecule has 0 radical (unpaired) electrons. The molecule has 1 aliphatic rings. The molecule has 0 bridgehead atoms. The average molecular weight is 496 g/mol. The second-order valence-corrected chi connectivity index (χ2v) is 8.93. The van der Waals surface area contributed by atoms with Gasteiger partial charge in [-0.25, -0.2) is 4.98 Å². The normalized spacial score (nSPS) is 14.9. The highest BCUT2D eigenvalue weighted by atomic mass is 19.3. The van der Waals surface area contributed by atoms with E-state index in [1.807, 2.05) is 29.9 Å². The molecule has 36 heavy (non-hydrogen) atoms. The molecule has 1 saturated heterocycles. The van der Waals surface area contributed by atoms with Gasteiger partial charge in [0.1, 0.15) is 11.6 Å². The van der Waals surface area contributed by atoms with E-state index in [-0.39, 0.29) is 11.6 Å². The topological polar surface area (TPSA) is 94.1 Å². The van der Waals surface area contributed by atoms with Gasteiger partial charge in [0.25, 0.3) is 5.89 Å². The molecule has 0 saturated carbocycles. The molecule has 5 rings (SSSR count). The highest BCUT2D eigenvalue weighted by molar-refractivity contribution is 5.59. The number of likely N-dealkylation sites (tertiary alicyclic amines) is 1. The summed E-state index contributed by atoms with van der Waals surface area (Å²) in [6.07, 6.45) is 4.10. The van der Waals surface area contributed by atoms with Crippen molar-refractivity contribution in [2.45, 2.75) is 39.0 Å². The number of rotatable bonds is 8. The fourth-order valence-electron chi connectivity index (χ4n) is 4.14. The molecule has 188 valence electrons. The van der Waals surface area contributed by atoms with Crippen molar-refractivity contribution >= 4 is 5.82 Å². The molecule has 0 spiro atoms. The minimum absolute atomic E-state index is 0.0620. The van der Waals surface area contributed by atoms with Crippen molar-refractivity contribution in [2.75, 3.05) is 25.5 Å². The van der Waals surface area contributed by atoms with Crippen LogP contribution in [0.1, 0.15) is 24.1 Å². The van der Waals surface area contributed by atoms with Crippen LogP contribution in [0.5, 0.6) is 5.75 Å². The first-order valence-corrected chi connectivity index (χ1v) is 11.8. The van der Waals surface area contributed by atoms with E-state index in [0.29, 0.717) is 29.7 Å². The zero-order valence-electron chi connectivity index (χ0n) is 20.1. The summed E-state index contributed by atoms with van der Waals surface area (Å²) in [5, 5.41) is 12.1. The second kappa shape index (κ2) is 10.4. The Balaban J connectivity index is 1.23. The van der Waals surface area contributed by atoms with Crippen molar-refractivity contribution in [2.24, 2.45) is 0 Å². The van der Waals surface area contributed by atoms with Crippen LogP contribution in [0.15, 0.2) is 53.2 Å². The van der Waals surface area contributed by atoms with Gasteiger partial charge in [-0.15, -0.1) is 0 Å². The number of halogens is 2. The van der Waals surface area contributed by atoms with E-state index in [0.717, 1.165) is 43.0 Å². The molecule has 4 aromatic rings. The summed E-state index contributed by atoms with van der Waals surface area (Å²) in [6, 6.07) is 12.4. The Labute approximate surface area is 207 Å². The van der Waals surface area contributed by atoms with Crippen LogP contribution in [0.4, 0.5) is 14.6 Å². The lowest BCUT2D eigenvalue weighted by atomic mass is 10.1. The summed E-state index contributed by atoms with van der Waals surface area (Å²) in [4.78, 5) is 11.3. The quantitative estimate of drug-likeness (QED) is 0.383. The zero-order valence-corrected chi connectivity index (χ0v) is 20.1. The SMILES string of the molecule is Cc1cc(-c2nc(-c3ccc(OC(F)F)cc3)no2)nn1Cc1ccc(NC2CCN(C)CC2)nc1. The lowest BCUT2D eigenvalue weighted by Gasteiger charge is -2.29. The van der Waals surface area contributed by atoms with Gasteiger partial charge in [0.15, 0.2) is 5.69 Å². The van der Waals surface area contributed by atoms with Gasteiger partial charge in [0, 0.05) is 23.5 Å². The Morgan fingerprint density at radius 3 is 2.61 bits per heavy atom. The Morgan fingerprint density at radius 2 is 1.92 bits per heavy atom. The van der Waals surface area contributed by atoms with Crippen LogP contribution in [-0.4, -0.2) is 62.6 Å². The van der Waals surface area contributed by atoms with Crippen molar-refractivity contribution in [3.8, 4) is 28.7 Å². The minimum Gasteiger partial charge on any atom is -0.435 e. The molecule has 0 atom stereocenters. The van der Waals surface area contributed by atoms with Crippen molar-refractivity contribution < 1.29 is 18.0 Å². The van der Waals surface area contributed by atoms with E-state index < -0.39 is 6.61 Å². The number of aryl methyl sites for hydroxylation is 1. The summed E-state index contributed by atoms with van der Waals surface area (Å²) >= 11 is 0. The van der Waals surface area contributed by atoms with Crippen LogP contribution in [-0.2, 0) is 6.54 Å². The number of ether oxygens (including phenoxy) is 1. The highest BCUT2D eigenvalue weighted by Gasteiger charge is 2.18. The molecule has 4 heterocycles. The molecule has 0 aliphatic carbocycles. The van der Waals surface area contributed by atoms with Crippen molar-refractivity contribution in [3.63, 3.8) is 0 Å². The number of alkyl halides is 2. The van der Waals surface area contributed by atoms with E-state index in [1.54, 1.807) is 12.1 Å².